The van der Waals surface area contributed by atoms with Crippen molar-refractivity contribution in [3.8, 4) is 5.75 Å². The molecule has 0 saturated heterocycles. The zero-order chi connectivity index (χ0) is 16.2. The predicted octanol–water partition coefficient (Wildman–Crippen LogP) is 1.64. The van der Waals surface area contributed by atoms with Gasteiger partial charge in [-0.3, -0.25) is 14.6 Å². The molecule has 2 aliphatic heterocycles. The Bertz CT molecular complexity index is 682. The van der Waals surface area contributed by atoms with Gasteiger partial charge >= 0.3 is 0 Å². The number of amides is 1. The second-order valence-corrected chi connectivity index (χ2v) is 5.98. The smallest absolute Gasteiger partial charge is 0.226 e. The molecule has 0 atom stereocenters. The highest BCUT2D eigenvalue weighted by molar-refractivity contribution is 8.16. The van der Waals surface area contributed by atoms with Crippen molar-refractivity contribution in [2.75, 3.05) is 26.7 Å². The van der Waals surface area contributed by atoms with Crippen molar-refractivity contribution in [2.24, 2.45) is 4.99 Å². The lowest BCUT2D eigenvalue weighted by molar-refractivity contribution is -0.120. The summed E-state index contributed by atoms with van der Waals surface area (Å²) >= 11 is 1.54. The molecule has 0 unspecified atom stereocenters. The number of carbonyl (C=O) groups is 2. The summed E-state index contributed by atoms with van der Waals surface area (Å²) in [5, 5.41) is 5.59. The average Bonchev–Trinajstić information content (AvgIpc) is 3.18. The van der Waals surface area contributed by atoms with Crippen LogP contribution in [0.25, 0.3) is 0 Å². The van der Waals surface area contributed by atoms with Crippen LogP contribution in [0.5, 0.6) is 5.75 Å². The number of ketones is 1. The van der Waals surface area contributed by atoms with Gasteiger partial charge in [-0.2, -0.15) is 0 Å². The highest BCUT2D eigenvalue weighted by atomic mass is 32.2. The number of ether oxygens (including phenoxy) is 1. The monoisotopic (exact) mass is 331 g/mol. The van der Waals surface area contributed by atoms with Gasteiger partial charge in [0.25, 0.3) is 0 Å². The van der Waals surface area contributed by atoms with Crippen molar-refractivity contribution in [1.29, 1.82) is 0 Å². The maximum Gasteiger partial charge on any atom is 0.226 e. The first-order valence-corrected chi connectivity index (χ1v) is 8.17. The summed E-state index contributed by atoms with van der Waals surface area (Å²) in [6.45, 7) is 1.59. The third-order valence-corrected chi connectivity index (χ3v) is 4.60. The number of nitrogens with one attached hydrogen (secondary N) is 1. The van der Waals surface area contributed by atoms with Gasteiger partial charge in [0.15, 0.2) is 11.0 Å². The number of thioether (sulfide) groups is 1. The van der Waals surface area contributed by atoms with Gasteiger partial charge in [-0.15, -0.1) is 0 Å². The molecule has 0 aromatic heterocycles. The number of amidine groups is 1. The lowest BCUT2D eigenvalue weighted by atomic mass is 10.1. The van der Waals surface area contributed by atoms with Gasteiger partial charge in [-0.1, -0.05) is 11.8 Å². The molecule has 23 heavy (non-hydrogen) atoms. The van der Waals surface area contributed by atoms with Crippen LogP contribution in [0.15, 0.2) is 40.4 Å². The van der Waals surface area contributed by atoms with Crippen LogP contribution in [-0.2, 0) is 4.79 Å². The van der Waals surface area contributed by atoms with Crippen LogP contribution in [-0.4, -0.2) is 48.5 Å². The molecule has 2 heterocycles. The van der Waals surface area contributed by atoms with Crippen molar-refractivity contribution in [3.63, 3.8) is 0 Å². The van der Waals surface area contributed by atoms with E-state index in [0.29, 0.717) is 11.3 Å². The molecular weight excluding hydrogens is 314 g/mol. The van der Waals surface area contributed by atoms with Crippen LogP contribution < -0.4 is 10.1 Å². The Balaban J connectivity index is 1.48. The zero-order valence-corrected chi connectivity index (χ0v) is 13.6. The average molecular weight is 331 g/mol. The summed E-state index contributed by atoms with van der Waals surface area (Å²) in [7, 11) is 1.57. The number of hydrogen-bond donors (Lipinski definition) is 1. The van der Waals surface area contributed by atoms with E-state index in [0.717, 1.165) is 24.0 Å². The largest absolute Gasteiger partial charge is 0.497 e. The molecule has 1 aromatic carbocycles. The molecular formula is C16H17N3O3S. The molecule has 0 radical (unpaired) electrons. The number of nitrogens with zero attached hydrogens (tertiary/aromatic N) is 2. The second-order valence-electron chi connectivity index (χ2n) is 5.15. The molecule has 1 N–H and O–H groups in total. The van der Waals surface area contributed by atoms with Crippen LogP contribution in [0.4, 0.5) is 0 Å². The van der Waals surface area contributed by atoms with E-state index in [1.165, 1.54) is 0 Å². The lowest BCUT2D eigenvalue weighted by Crippen LogP contribution is -2.32. The number of carbonyl (C=O) groups excluding carboxylic acids is 2. The first kappa shape index (κ1) is 15.6. The molecule has 120 valence electrons. The summed E-state index contributed by atoms with van der Waals surface area (Å²) < 4.78 is 5.05. The van der Waals surface area contributed by atoms with Gasteiger partial charge in [0.05, 0.1) is 26.6 Å². The number of rotatable bonds is 6. The third-order valence-electron chi connectivity index (χ3n) is 3.65. The number of Topliss-reactive ketones (excluding diaryl/α,β-unsaturated/α-hetero) is 1. The summed E-state index contributed by atoms with van der Waals surface area (Å²) in [6.07, 6.45) is 0.266. The Labute approximate surface area is 138 Å². The second kappa shape index (κ2) is 6.87. The zero-order valence-electron chi connectivity index (χ0n) is 12.7. The predicted molar refractivity (Wildman–Crippen MR) is 89.6 cm³/mol. The fourth-order valence-electron chi connectivity index (χ4n) is 2.40. The first-order valence-electron chi connectivity index (χ1n) is 7.29. The van der Waals surface area contributed by atoms with E-state index in [9.17, 15) is 9.59 Å². The van der Waals surface area contributed by atoms with E-state index in [2.05, 4.69) is 15.2 Å². The van der Waals surface area contributed by atoms with Crippen LogP contribution in [0, 0.1) is 0 Å². The molecule has 3 rings (SSSR count). The molecule has 0 spiro atoms. The SMILES string of the molecule is COc1ccc(C(=O)CNC(=O)CC2=CSC3=NCCN23)cc1. The van der Waals surface area contributed by atoms with Gasteiger partial charge in [-0.05, 0) is 29.7 Å². The summed E-state index contributed by atoms with van der Waals surface area (Å²) in [6, 6.07) is 6.83. The minimum atomic E-state index is -0.160. The quantitative estimate of drug-likeness (QED) is 0.803. The van der Waals surface area contributed by atoms with Crippen LogP contribution >= 0.6 is 11.8 Å². The van der Waals surface area contributed by atoms with Crippen molar-refractivity contribution in [2.45, 2.75) is 6.42 Å². The standard InChI is InChI=1S/C16H17N3O3S/c1-22-13-4-2-11(3-5-13)14(20)9-18-15(21)8-12-10-23-16-17-6-7-19(12)16/h2-5,10H,6-9H2,1H3,(H,18,21). The van der Waals surface area contributed by atoms with Crippen molar-refractivity contribution >= 4 is 28.6 Å². The van der Waals surface area contributed by atoms with Crippen molar-refractivity contribution < 1.29 is 14.3 Å². The van der Waals surface area contributed by atoms with Crippen molar-refractivity contribution in [3.05, 3.63) is 40.9 Å². The molecule has 0 fully saturated rings. The molecule has 0 bridgehead atoms. The fourth-order valence-corrected chi connectivity index (χ4v) is 3.35. The van der Waals surface area contributed by atoms with Gasteiger partial charge in [0.2, 0.25) is 5.91 Å². The highest BCUT2D eigenvalue weighted by Gasteiger charge is 2.27. The van der Waals surface area contributed by atoms with E-state index < -0.39 is 0 Å². The molecule has 6 nitrogen and oxygen atoms in total. The van der Waals surface area contributed by atoms with Crippen LogP contribution in [0.1, 0.15) is 16.8 Å². The third kappa shape index (κ3) is 3.56. The van der Waals surface area contributed by atoms with Crippen LogP contribution in [0.3, 0.4) is 0 Å². The normalized spacial score (nSPS) is 15.8. The fraction of sp³-hybridized carbons (Fsp3) is 0.312. The maximum absolute atomic E-state index is 12.1. The van der Waals surface area contributed by atoms with E-state index in [1.54, 1.807) is 43.1 Å². The Morgan fingerprint density at radius 2 is 2.13 bits per heavy atom. The van der Waals surface area contributed by atoms with Gasteiger partial charge in [0.1, 0.15) is 5.75 Å². The van der Waals surface area contributed by atoms with Gasteiger partial charge in [-0.25, -0.2) is 0 Å². The van der Waals surface area contributed by atoms with Gasteiger partial charge < -0.3 is 15.0 Å². The minimum Gasteiger partial charge on any atom is -0.497 e. The molecule has 1 aromatic rings. The Kier molecular flexibility index (Phi) is 4.66. The molecule has 1 amide bonds. The van der Waals surface area contributed by atoms with E-state index in [-0.39, 0.29) is 24.7 Å². The number of benzene rings is 1. The molecule has 0 aliphatic carbocycles. The van der Waals surface area contributed by atoms with Crippen molar-refractivity contribution in [1.82, 2.24) is 10.2 Å². The van der Waals surface area contributed by atoms with Gasteiger partial charge in [0, 0.05) is 17.8 Å². The lowest BCUT2D eigenvalue weighted by Gasteiger charge is -2.16. The topological polar surface area (TPSA) is 71.0 Å². The summed E-state index contributed by atoms with van der Waals surface area (Å²) in [5.74, 6) is 0.408. The molecule has 0 saturated carbocycles. The Morgan fingerprint density at radius 3 is 2.87 bits per heavy atom. The molecule has 2 aliphatic rings. The van der Waals surface area contributed by atoms with E-state index in [1.807, 2.05) is 5.41 Å². The number of fused-ring (bicyclic) bond motifs is 1. The maximum atomic E-state index is 12.1. The minimum absolute atomic E-state index is 0.00741. The summed E-state index contributed by atoms with van der Waals surface area (Å²) in [4.78, 5) is 30.5. The first-order chi connectivity index (χ1) is 11.2. The highest BCUT2D eigenvalue weighted by Crippen LogP contribution is 2.30. The number of methoxy groups -OCH3 is 1. The number of aliphatic imine (C=N–C) groups is 1. The Morgan fingerprint density at radius 1 is 1.35 bits per heavy atom. The number of hydrogen-bond acceptors (Lipinski definition) is 6. The Hall–Kier alpha value is -2.28. The summed E-state index contributed by atoms with van der Waals surface area (Å²) in [5.41, 5.74) is 1.50. The van der Waals surface area contributed by atoms with E-state index >= 15 is 0 Å². The molecule has 7 heteroatoms. The van der Waals surface area contributed by atoms with Crippen LogP contribution in [0.2, 0.25) is 0 Å². The van der Waals surface area contributed by atoms with E-state index in [4.69, 9.17) is 4.74 Å².